The predicted molar refractivity (Wildman–Crippen MR) is 77.7 cm³/mol. The average molecular weight is 275 g/mol. The molecule has 1 aromatic carbocycles. The van der Waals surface area contributed by atoms with Gasteiger partial charge in [-0.05, 0) is 24.8 Å². The second-order valence-corrected chi connectivity index (χ2v) is 5.18. The van der Waals surface area contributed by atoms with Crippen molar-refractivity contribution in [2.24, 2.45) is 10.9 Å². The summed E-state index contributed by atoms with van der Waals surface area (Å²) in [6.45, 7) is 2.93. The first-order valence-corrected chi connectivity index (χ1v) is 7.02. The maximum Gasteiger partial charge on any atom is 0.227 e. The molecule has 1 fully saturated rings. The lowest BCUT2D eigenvalue weighted by molar-refractivity contribution is -0.131. The molecular formula is C15H21N3O2. The molecule has 1 amide bonds. The summed E-state index contributed by atoms with van der Waals surface area (Å²) in [7, 11) is 0. The van der Waals surface area contributed by atoms with Gasteiger partial charge in [-0.2, -0.15) is 0 Å². The van der Waals surface area contributed by atoms with Crippen molar-refractivity contribution in [3.63, 3.8) is 0 Å². The van der Waals surface area contributed by atoms with E-state index in [0.29, 0.717) is 18.0 Å². The molecule has 1 aliphatic carbocycles. The number of hydrogen-bond donors (Lipinski definition) is 2. The van der Waals surface area contributed by atoms with Crippen LogP contribution in [0.2, 0.25) is 0 Å². The first-order chi connectivity index (χ1) is 9.65. The van der Waals surface area contributed by atoms with Gasteiger partial charge in [-0.1, -0.05) is 36.3 Å². The van der Waals surface area contributed by atoms with E-state index in [-0.39, 0.29) is 11.7 Å². The number of benzene rings is 1. The smallest absolute Gasteiger partial charge is 0.227 e. The predicted octanol–water partition coefficient (Wildman–Crippen LogP) is 1.72. The van der Waals surface area contributed by atoms with Crippen molar-refractivity contribution >= 4 is 11.7 Å². The van der Waals surface area contributed by atoms with E-state index >= 15 is 0 Å². The van der Waals surface area contributed by atoms with Gasteiger partial charge in [0.2, 0.25) is 5.91 Å². The van der Waals surface area contributed by atoms with Crippen LogP contribution >= 0.6 is 0 Å². The third-order valence-electron chi connectivity index (χ3n) is 3.49. The third kappa shape index (κ3) is 3.50. The van der Waals surface area contributed by atoms with E-state index in [0.717, 1.165) is 31.4 Å². The molecule has 0 heterocycles. The van der Waals surface area contributed by atoms with E-state index in [2.05, 4.69) is 12.1 Å². The molecule has 20 heavy (non-hydrogen) atoms. The molecule has 5 nitrogen and oxygen atoms in total. The maximum absolute atomic E-state index is 12.3. The lowest BCUT2D eigenvalue weighted by Gasteiger charge is -2.21. The van der Waals surface area contributed by atoms with Crippen molar-refractivity contribution in [2.75, 3.05) is 6.54 Å². The molecule has 2 rings (SSSR count). The van der Waals surface area contributed by atoms with Crippen LogP contribution in [0.5, 0.6) is 0 Å². The summed E-state index contributed by atoms with van der Waals surface area (Å²) in [6.07, 6.45) is 3.67. The molecule has 0 spiro atoms. The zero-order chi connectivity index (χ0) is 14.5. The van der Waals surface area contributed by atoms with Gasteiger partial charge in [-0.3, -0.25) is 4.79 Å². The number of carbonyl (C=O) groups is 1. The Balaban J connectivity index is 2.00. The van der Waals surface area contributed by atoms with Crippen molar-refractivity contribution in [2.45, 2.75) is 38.6 Å². The average Bonchev–Trinajstić information content (AvgIpc) is 3.29. The van der Waals surface area contributed by atoms with Crippen molar-refractivity contribution < 1.29 is 10.0 Å². The molecule has 0 atom stereocenters. The number of nitrogens with two attached hydrogens (primary N) is 1. The largest absolute Gasteiger partial charge is 0.409 e. The maximum atomic E-state index is 12.3. The fourth-order valence-corrected chi connectivity index (χ4v) is 2.27. The minimum atomic E-state index is 0.0773. The van der Waals surface area contributed by atoms with Crippen LogP contribution in [0.25, 0.3) is 0 Å². The number of oxime groups is 1. The van der Waals surface area contributed by atoms with Crippen LogP contribution in [0.3, 0.4) is 0 Å². The molecule has 0 radical (unpaired) electrons. The van der Waals surface area contributed by atoms with E-state index in [1.807, 2.05) is 17.0 Å². The van der Waals surface area contributed by atoms with Crippen LogP contribution in [0.1, 0.15) is 37.3 Å². The molecular weight excluding hydrogens is 254 g/mol. The Morgan fingerprint density at radius 3 is 2.55 bits per heavy atom. The van der Waals surface area contributed by atoms with Crippen LogP contribution in [0.4, 0.5) is 0 Å². The van der Waals surface area contributed by atoms with Crippen LogP contribution in [-0.4, -0.2) is 34.4 Å². The Labute approximate surface area is 119 Å². The molecule has 1 saturated carbocycles. The van der Waals surface area contributed by atoms with Crippen LogP contribution < -0.4 is 5.73 Å². The number of rotatable bonds is 6. The van der Waals surface area contributed by atoms with Crippen LogP contribution in [0, 0.1) is 0 Å². The first-order valence-electron chi connectivity index (χ1n) is 7.02. The quantitative estimate of drug-likeness (QED) is 0.359. The molecule has 0 aromatic heterocycles. The van der Waals surface area contributed by atoms with E-state index in [4.69, 9.17) is 10.9 Å². The first kappa shape index (κ1) is 14.4. The monoisotopic (exact) mass is 275 g/mol. The summed E-state index contributed by atoms with van der Waals surface area (Å²) >= 11 is 0. The van der Waals surface area contributed by atoms with Gasteiger partial charge in [0.05, 0.1) is 6.42 Å². The summed E-state index contributed by atoms with van der Waals surface area (Å²) < 4.78 is 0. The highest BCUT2D eigenvalue weighted by Gasteiger charge is 2.31. The summed E-state index contributed by atoms with van der Waals surface area (Å²) in [4.78, 5) is 14.3. The molecule has 5 heteroatoms. The van der Waals surface area contributed by atoms with E-state index in [9.17, 15) is 4.79 Å². The lowest BCUT2D eigenvalue weighted by atomic mass is 10.1. The number of nitrogens with zero attached hydrogens (tertiary/aromatic N) is 2. The van der Waals surface area contributed by atoms with E-state index in [1.165, 1.54) is 0 Å². The summed E-state index contributed by atoms with van der Waals surface area (Å²) in [5.41, 5.74) is 7.11. The van der Waals surface area contributed by atoms with E-state index in [1.54, 1.807) is 12.1 Å². The van der Waals surface area contributed by atoms with Crippen LogP contribution in [0.15, 0.2) is 29.4 Å². The molecule has 0 unspecified atom stereocenters. The second-order valence-electron chi connectivity index (χ2n) is 5.18. The van der Waals surface area contributed by atoms with Crippen molar-refractivity contribution in [3.8, 4) is 0 Å². The lowest BCUT2D eigenvalue weighted by Crippen LogP contribution is -2.34. The Morgan fingerprint density at radius 2 is 2.05 bits per heavy atom. The highest BCUT2D eigenvalue weighted by molar-refractivity contribution is 5.97. The molecule has 0 bridgehead atoms. The fourth-order valence-electron chi connectivity index (χ4n) is 2.27. The number of amides is 1. The fraction of sp³-hybridized carbons (Fsp3) is 0.467. The van der Waals surface area contributed by atoms with Gasteiger partial charge in [0.25, 0.3) is 0 Å². The Hall–Kier alpha value is -2.04. The molecule has 108 valence electrons. The normalized spacial score (nSPS) is 15.2. The number of hydrogen-bond acceptors (Lipinski definition) is 3. The summed E-state index contributed by atoms with van der Waals surface area (Å²) in [5.74, 6) is 0.263. The molecule has 1 aromatic rings. The van der Waals surface area contributed by atoms with Gasteiger partial charge >= 0.3 is 0 Å². The topological polar surface area (TPSA) is 78.9 Å². The summed E-state index contributed by atoms with van der Waals surface area (Å²) in [5, 5.41) is 11.6. The standard InChI is InChI=1S/C15H21N3O2/c1-2-9-18(13-7-8-13)14(19)10-11-3-5-12(6-4-11)15(16)17-20/h3-6,13,20H,2,7-10H2,1H3,(H2,16,17). The van der Waals surface area contributed by atoms with E-state index < -0.39 is 0 Å². The van der Waals surface area contributed by atoms with Gasteiger partial charge in [0, 0.05) is 18.2 Å². The zero-order valence-electron chi connectivity index (χ0n) is 11.7. The molecule has 1 aliphatic rings. The molecule has 0 saturated heterocycles. The minimum absolute atomic E-state index is 0.0773. The van der Waals surface area contributed by atoms with Gasteiger partial charge < -0.3 is 15.8 Å². The van der Waals surface area contributed by atoms with Gasteiger partial charge in [-0.25, -0.2) is 0 Å². The minimum Gasteiger partial charge on any atom is -0.409 e. The molecule has 0 aliphatic heterocycles. The van der Waals surface area contributed by atoms with Crippen molar-refractivity contribution in [1.29, 1.82) is 0 Å². The zero-order valence-corrected chi connectivity index (χ0v) is 11.7. The third-order valence-corrected chi connectivity index (χ3v) is 3.49. The Kier molecular flexibility index (Phi) is 4.61. The summed E-state index contributed by atoms with van der Waals surface area (Å²) in [6, 6.07) is 7.68. The van der Waals surface area contributed by atoms with Gasteiger partial charge in [-0.15, -0.1) is 0 Å². The molecule has 3 N–H and O–H groups in total. The Bertz CT molecular complexity index is 492. The van der Waals surface area contributed by atoms with Gasteiger partial charge in [0.15, 0.2) is 5.84 Å². The van der Waals surface area contributed by atoms with Crippen LogP contribution in [-0.2, 0) is 11.2 Å². The highest BCUT2D eigenvalue weighted by atomic mass is 16.4. The number of carbonyl (C=O) groups excluding carboxylic acids is 1. The second kappa shape index (κ2) is 6.41. The van der Waals surface area contributed by atoms with Crippen molar-refractivity contribution in [1.82, 2.24) is 4.90 Å². The van der Waals surface area contributed by atoms with Gasteiger partial charge in [0.1, 0.15) is 0 Å². The number of amidine groups is 1. The van der Waals surface area contributed by atoms with Crippen molar-refractivity contribution in [3.05, 3.63) is 35.4 Å². The highest BCUT2D eigenvalue weighted by Crippen LogP contribution is 2.27. The SMILES string of the molecule is CCCN(C(=O)Cc1ccc(C(N)=NO)cc1)C1CC1. The Morgan fingerprint density at radius 1 is 1.40 bits per heavy atom.